The molecule has 1 amide bonds. The Labute approximate surface area is 121 Å². The number of halogens is 1. The molecule has 2 N–H and O–H groups in total. The maximum atomic E-state index is 11.6. The molecule has 2 unspecified atom stereocenters. The summed E-state index contributed by atoms with van der Waals surface area (Å²) in [5.74, 6) is 0. The minimum absolute atomic E-state index is 0. The average Bonchev–Trinajstić information content (AvgIpc) is 2.56. The number of aliphatic hydroxyl groups is 1. The Kier molecular flexibility index (Phi) is 5.09. The van der Waals surface area contributed by atoms with E-state index in [-0.39, 0.29) is 30.6 Å². The molecule has 2 aliphatic rings. The summed E-state index contributed by atoms with van der Waals surface area (Å²) in [5.41, 5.74) is -0.396. The van der Waals surface area contributed by atoms with E-state index in [1.165, 1.54) is 0 Å². The van der Waals surface area contributed by atoms with Crippen molar-refractivity contribution in [2.45, 2.75) is 63.8 Å². The lowest BCUT2D eigenvalue weighted by Gasteiger charge is -2.47. The quantitative estimate of drug-likeness (QED) is 0.773. The lowest BCUT2D eigenvalue weighted by atomic mass is 9.91. The minimum Gasteiger partial charge on any atom is -0.465 e. The van der Waals surface area contributed by atoms with Gasteiger partial charge in [0.25, 0.3) is 0 Å². The Hall–Kier alpha value is -0.520. The second-order valence-electron chi connectivity index (χ2n) is 6.48. The monoisotopic (exact) mass is 292 g/mol. The molecule has 2 rings (SSSR count). The van der Waals surface area contributed by atoms with Gasteiger partial charge in [0.05, 0.1) is 12.1 Å². The van der Waals surface area contributed by atoms with Crippen LogP contribution in [0.5, 0.6) is 0 Å². The van der Waals surface area contributed by atoms with Crippen LogP contribution in [0.15, 0.2) is 0 Å². The highest BCUT2D eigenvalue weighted by molar-refractivity contribution is 5.85. The molecular formula is C13H25ClN2O3. The van der Waals surface area contributed by atoms with Crippen molar-refractivity contribution in [1.82, 2.24) is 9.80 Å². The molecular weight excluding hydrogens is 268 g/mol. The average molecular weight is 293 g/mol. The second-order valence-corrected chi connectivity index (χ2v) is 6.48. The first-order valence-electron chi connectivity index (χ1n) is 6.75. The summed E-state index contributed by atoms with van der Waals surface area (Å²) in [4.78, 5) is 15.4. The van der Waals surface area contributed by atoms with Crippen molar-refractivity contribution in [2.75, 3.05) is 13.1 Å². The van der Waals surface area contributed by atoms with Crippen LogP contribution in [0, 0.1) is 0 Å². The highest BCUT2D eigenvalue weighted by atomic mass is 35.5. The summed E-state index contributed by atoms with van der Waals surface area (Å²) in [6.45, 7) is 7.48. The summed E-state index contributed by atoms with van der Waals surface area (Å²) < 4.78 is 0. The van der Waals surface area contributed by atoms with Gasteiger partial charge in [-0.05, 0) is 46.6 Å². The molecule has 0 aromatic carbocycles. The molecule has 6 heteroatoms. The molecule has 0 aliphatic carbocycles. The van der Waals surface area contributed by atoms with Crippen molar-refractivity contribution in [3.05, 3.63) is 0 Å². The molecule has 0 radical (unpaired) electrons. The molecule has 0 saturated carbocycles. The first kappa shape index (κ1) is 16.5. The summed E-state index contributed by atoms with van der Waals surface area (Å²) in [5, 5.41) is 19.3. The van der Waals surface area contributed by atoms with Crippen molar-refractivity contribution in [1.29, 1.82) is 0 Å². The number of carbonyl (C=O) groups is 1. The van der Waals surface area contributed by atoms with Gasteiger partial charge in [-0.2, -0.15) is 0 Å². The van der Waals surface area contributed by atoms with Gasteiger partial charge in [0, 0.05) is 18.1 Å². The number of hydrogen-bond donors (Lipinski definition) is 2. The van der Waals surface area contributed by atoms with Crippen molar-refractivity contribution in [3.63, 3.8) is 0 Å². The van der Waals surface area contributed by atoms with Gasteiger partial charge < -0.3 is 10.2 Å². The lowest BCUT2D eigenvalue weighted by Crippen LogP contribution is -2.59. The summed E-state index contributed by atoms with van der Waals surface area (Å²) >= 11 is 0. The Morgan fingerprint density at radius 1 is 1.37 bits per heavy atom. The number of hydrogen-bond acceptors (Lipinski definition) is 3. The lowest BCUT2D eigenvalue weighted by molar-refractivity contribution is 0.0159. The van der Waals surface area contributed by atoms with Crippen LogP contribution in [-0.4, -0.2) is 62.9 Å². The van der Waals surface area contributed by atoms with Gasteiger partial charge in [0.1, 0.15) is 0 Å². The van der Waals surface area contributed by atoms with E-state index in [0.717, 1.165) is 19.4 Å². The zero-order valence-electron chi connectivity index (χ0n) is 11.9. The predicted octanol–water partition coefficient (Wildman–Crippen LogP) is 1.78. The van der Waals surface area contributed by atoms with Crippen LogP contribution in [0.3, 0.4) is 0 Å². The summed E-state index contributed by atoms with van der Waals surface area (Å²) in [6, 6.07) is 0.192. The second kappa shape index (κ2) is 5.85. The Balaban J connectivity index is 0.00000180. The van der Waals surface area contributed by atoms with E-state index in [1.807, 2.05) is 20.8 Å². The molecule has 3 atom stereocenters. The maximum Gasteiger partial charge on any atom is 0.408 e. The summed E-state index contributed by atoms with van der Waals surface area (Å²) in [6.07, 6.45) is 1.46. The van der Waals surface area contributed by atoms with Crippen LogP contribution >= 0.6 is 12.4 Å². The highest BCUT2D eigenvalue weighted by Crippen LogP contribution is 2.33. The topological polar surface area (TPSA) is 64.0 Å². The van der Waals surface area contributed by atoms with E-state index in [9.17, 15) is 15.0 Å². The number of rotatable bonds is 1. The molecule has 0 aromatic heterocycles. The normalized spacial score (nSPS) is 31.5. The Morgan fingerprint density at radius 2 is 2.00 bits per heavy atom. The van der Waals surface area contributed by atoms with Gasteiger partial charge in [-0.3, -0.25) is 9.80 Å². The van der Waals surface area contributed by atoms with Gasteiger partial charge in [-0.15, -0.1) is 12.4 Å². The number of fused-ring (bicyclic) bond motifs is 1. The first-order chi connectivity index (χ1) is 8.30. The fourth-order valence-corrected chi connectivity index (χ4v) is 3.49. The van der Waals surface area contributed by atoms with E-state index < -0.39 is 11.6 Å². The molecule has 5 nitrogen and oxygen atoms in total. The number of carboxylic acid groups (broad SMARTS) is 1. The van der Waals surface area contributed by atoms with Crippen LogP contribution in [0.2, 0.25) is 0 Å². The molecule has 2 fully saturated rings. The standard InChI is InChI=1S/C13H24N2O3.ClH/c1-13(2,3)15(12(17)18)10-5-4-6-14-8-9(16)7-11(10)14;/h9-11,16H,4-8H2,1-3H3,(H,17,18);1H/t9-,10?,11?;/m0./s1. The van der Waals surface area contributed by atoms with Crippen molar-refractivity contribution in [2.24, 2.45) is 0 Å². The Bertz CT molecular complexity index is 332. The molecule has 0 spiro atoms. The third-order valence-electron chi connectivity index (χ3n) is 4.08. The Morgan fingerprint density at radius 3 is 2.53 bits per heavy atom. The number of nitrogens with zero attached hydrogens (tertiary/aromatic N) is 2. The fraction of sp³-hybridized carbons (Fsp3) is 0.923. The first-order valence-corrected chi connectivity index (χ1v) is 6.75. The zero-order chi connectivity index (χ0) is 13.5. The predicted molar refractivity (Wildman–Crippen MR) is 75.9 cm³/mol. The van der Waals surface area contributed by atoms with Crippen molar-refractivity contribution < 1.29 is 15.0 Å². The number of amides is 1. The third kappa shape index (κ3) is 3.33. The van der Waals surface area contributed by atoms with E-state index in [2.05, 4.69) is 4.90 Å². The summed E-state index contributed by atoms with van der Waals surface area (Å²) in [7, 11) is 0. The van der Waals surface area contributed by atoms with E-state index >= 15 is 0 Å². The van der Waals surface area contributed by atoms with Crippen LogP contribution < -0.4 is 0 Å². The van der Waals surface area contributed by atoms with Crippen LogP contribution in [0.25, 0.3) is 0 Å². The van der Waals surface area contributed by atoms with E-state index in [0.29, 0.717) is 13.0 Å². The number of piperidine rings is 1. The van der Waals surface area contributed by atoms with Gasteiger partial charge in [0.15, 0.2) is 0 Å². The maximum absolute atomic E-state index is 11.6. The van der Waals surface area contributed by atoms with Crippen LogP contribution in [0.4, 0.5) is 4.79 Å². The van der Waals surface area contributed by atoms with Gasteiger partial charge in [-0.1, -0.05) is 0 Å². The highest BCUT2D eigenvalue weighted by Gasteiger charge is 2.45. The SMILES string of the molecule is CC(C)(C)N(C(=O)O)C1CCCN2C[C@@H](O)CC12.Cl. The van der Waals surface area contributed by atoms with Crippen LogP contribution in [-0.2, 0) is 0 Å². The molecule has 2 saturated heterocycles. The third-order valence-corrected chi connectivity index (χ3v) is 4.08. The molecule has 2 aliphatic heterocycles. The molecule has 0 aromatic rings. The molecule has 19 heavy (non-hydrogen) atoms. The number of aliphatic hydroxyl groups excluding tert-OH is 1. The smallest absolute Gasteiger partial charge is 0.408 e. The fourth-order valence-electron chi connectivity index (χ4n) is 3.49. The van der Waals surface area contributed by atoms with Gasteiger partial charge in [0.2, 0.25) is 0 Å². The van der Waals surface area contributed by atoms with Gasteiger partial charge in [-0.25, -0.2) is 4.79 Å². The largest absolute Gasteiger partial charge is 0.465 e. The zero-order valence-corrected chi connectivity index (χ0v) is 12.7. The molecule has 0 bridgehead atoms. The van der Waals surface area contributed by atoms with Crippen molar-refractivity contribution in [3.8, 4) is 0 Å². The van der Waals surface area contributed by atoms with Crippen LogP contribution in [0.1, 0.15) is 40.0 Å². The minimum atomic E-state index is -0.851. The van der Waals surface area contributed by atoms with E-state index in [1.54, 1.807) is 4.90 Å². The molecule has 112 valence electrons. The van der Waals surface area contributed by atoms with Gasteiger partial charge >= 0.3 is 6.09 Å². The molecule has 2 heterocycles. The van der Waals surface area contributed by atoms with E-state index in [4.69, 9.17) is 0 Å². The van der Waals surface area contributed by atoms with Crippen molar-refractivity contribution >= 4 is 18.5 Å².